The molecule has 1 aliphatic carbocycles. The SMILES string of the molecule is CC1(C)COB(c2ccc(OC3CCCCC3)cc2)O1. The molecule has 1 saturated carbocycles. The predicted molar refractivity (Wildman–Crippen MR) is 80.4 cm³/mol. The molecular weight excluding hydrogens is 251 g/mol. The summed E-state index contributed by atoms with van der Waals surface area (Å²) < 4.78 is 17.6. The lowest BCUT2D eigenvalue weighted by atomic mass is 9.79. The second-order valence-corrected chi connectivity index (χ2v) is 6.47. The van der Waals surface area contributed by atoms with E-state index in [1.807, 2.05) is 38.1 Å². The Hall–Kier alpha value is -0.995. The highest BCUT2D eigenvalue weighted by molar-refractivity contribution is 6.61. The topological polar surface area (TPSA) is 27.7 Å². The van der Waals surface area contributed by atoms with Gasteiger partial charge in [0, 0.05) is 0 Å². The third kappa shape index (κ3) is 3.36. The van der Waals surface area contributed by atoms with E-state index in [0.717, 1.165) is 11.2 Å². The fraction of sp³-hybridized carbons (Fsp3) is 0.625. The van der Waals surface area contributed by atoms with Gasteiger partial charge in [-0.15, -0.1) is 0 Å². The fourth-order valence-corrected chi connectivity index (χ4v) is 2.88. The fourth-order valence-electron chi connectivity index (χ4n) is 2.88. The van der Waals surface area contributed by atoms with Gasteiger partial charge in [0.15, 0.2) is 0 Å². The van der Waals surface area contributed by atoms with E-state index >= 15 is 0 Å². The van der Waals surface area contributed by atoms with Crippen molar-refractivity contribution >= 4 is 12.6 Å². The van der Waals surface area contributed by atoms with Crippen molar-refractivity contribution in [2.24, 2.45) is 0 Å². The van der Waals surface area contributed by atoms with Gasteiger partial charge in [0.25, 0.3) is 0 Å². The van der Waals surface area contributed by atoms with E-state index in [-0.39, 0.29) is 12.7 Å². The maximum atomic E-state index is 6.03. The smallest absolute Gasteiger partial charge is 0.490 e. The Morgan fingerprint density at radius 2 is 1.80 bits per heavy atom. The third-order valence-electron chi connectivity index (χ3n) is 4.02. The zero-order chi connectivity index (χ0) is 14.0. The first-order valence-corrected chi connectivity index (χ1v) is 7.68. The van der Waals surface area contributed by atoms with Crippen molar-refractivity contribution in [3.63, 3.8) is 0 Å². The Kier molecular flexibility index (Phi) is 4.04. The molecule has 3 nitrogen and oxygen atoms in total. The number of hydrogen-bond donors (Lipinski definition) is 0. The first-order chi connectivity index (χ1) is 9.62. The van der Waals surface area contributed by atoms with Crippen molar-refractivity contribution in [1.82, 2.24) is 0 Å². The van der Waals surface area contributed by atoms with Crippen LogP contribution in [-0.4, -0.2) is 25.4 Å². The van der Waals surface area contributed by atoms with Crippen LogP contribution >= 0.6 is 0 Å². The normalized spacial score (nSPS) is 23.0. The van der Waals surface area contributed by atoms with Gasteiger partial charge in [-0.25, -0.2) is 0 Å². The summed E-state index contributed by atoms with van der Waals surface area (Å²) in [5.74, 6) is 0.956. The van der Waals surface area contributed by atoms with E-state index in [0.29, 0.717) is 12.7 Å². The lowest BCUT2D eigenvalue weighted by Gasteiger charge is -2.23. The van der Waals surface area contributed by atoms with Crippen LogP contribution in [0.1, 0.15) is 46.0 Å². The van der Waals surface area contributed by atoms with Crippen LogP contribution < -0.4 is 10.2 Å². The average Bonchev–Trinajstić information content (AvgIpc) is 2.81. The molecular formula is C16H23BO3. The molecule has 0 radical (unpaired) electrons. The Balaban J connectivity index is 1.60. The van der Waals surface area contributed by atoms with Gasteiger partial charge in [0.1, 0.15) is 5.75 Å². The minimum absolute atomic E-state index is 0.193. The maximum Gasteiger partial charge on any atom is 0.494 e. The van der Waals surface area contributed by atoms with Crippen LogP contribution in [0.15, 0.2) is 24.3 Å². The molecule has 1 saturated heterocycles. The van der Waals surface area contributed by atoms with Crippen LogP contribution in [0.2, 0.25) is 0 Å². The first-order valence-electron chi connectivity index (χ1n) is 7.68. The van der Waals surface area contributed by atoms with Crippen LogP contribution in [0, 0.1) is 0 Å². The van der Waals surface area contributed by atoms with Crippen molar-refractivity contribution in [3.05, 3.63) is 24.3 Å². The monoisotopic (exact) mass is 274 g/mol. The molecule has 2 aliphatic rings. The van der Waals surface area contributed by atoms with Crippen molar-refractivity contribution in [1.29, 1.82) is 0 Å². The largest absolute Gasteiger partial charge is 0.494 e. The second-order valence-electron chi connectivity index (χ2n) is 6.47. The summed E-state index contributed by atoms with van der Waals surface area (Å²) in [4.78, 5) is 0. The summed E-state index contributed by atoms with van der Waals surface area (Å²) >= 11 is 0. The van der Waals surface area contributed by atoms with Gasteiger partial charge in [-0.2, -0.15) is 0 Å². The second kappa shape index (κ2) is 5.78. The molecule has 1 aromatic carbocycles. The molecule has 0 aromatic heterocycles. The van der Waals surface area contributed by atoms with Crippen LogP contribution in [0.3, 0.4) is 0 Å². The highest BCUT2D eigenvalue weighted by Crippen LogP contribution is 2.24. The quantitative estimate of drug-likeness (QED) is 0.793. The van der Waals surface area contributed by atoms with Crippen molar-refractivity contribution in [3.8, 4) is 5.75 Å². The van der Waals surface area contributed by atoms with Gasteiger partial charge < -0.3 is 14.0 Å². The lowest BCUT2D eigenvalue weighted by molar-refractivity contribution is 0.137. The Bertz CT molecular complexity index is 438. The molecule has 1 aliphatic heterocycles. The molecule has 4 heteroatoms. The molecule has 20 heavy (non-hydrogen) atoms. The molecule has 0 N–H and O–H groups in total. The van der Waals surface area contributed by atoms with E-state index in [1.165, 1.54) is 32.1 Å². The number of ether oxygens (including phenoxy) is 1. The molecule has 0 unspecified atom stereocenters. The summed E-state index contributed by atoms with van der Waals surface area (Å²) in [7, 11) is -0.242. The highest BCUT2D eigenvalue weighted by atomic mass is 16.7. The molecule has 0 amide bonds. The van der Waals surface area contributed by atoms with Gasteiger partial charge >= 0.3 is 7.12 Å². The van der Waals surface area contributed by atoms with Gasteiger partial charge in [0.05, 0.1) is 18.3 Å². The Morgan fingerprint density at radius 3 is 2.40 bits per heavy atom. The summed E-state index contributed by atoms with van der Waals surface area (Å²) in [6.45, 7) is 4.74. The summed E-state index contributed by atoms with van der Waals surface area (Å²) in [5.41, 5.74) is 0.869. The molecule has 1 aromatic rings. The molecule has 1 heterocycles. The molecule has 0 atom stereocenters. The minimum Gasteiger partial charge on any atom is -0.490 e. The summed E-state index contributed by atoms with van der Waals surface area (Å²) in [6.07, 6.45) is 6.71. The molecule has 3 rings (SSSR count). The molecule has 108 valence electrons. The third-order valence-corrected chi connectivity index (χ3v) is 4.02. The number of hydrogen-bond acceptors (Lipinski definition) is 3. The van der Waals surface area contributed by atoms with E-state index in [2.05, 4.69) is 0 Å². The van der Waals surface area contributed by atoms with Crippen LogP contribution in [0.4, 0.5) is 0 Å². The maximum absolute atomic E-state index is 6.03. The van der Waals surface area contributed by atoms with Crippen LogP contribution in [0.25, 0.3) is 0 Å². The summed E-state index contributed by atoms with van der Waals surface area (Å²) in [5, 5.41) is 0. The average molecular weight is 274 g/mol. The van der Waals surface area contributed by atoms with Crippen LogP contribution in [-0.2, 0) is 9.31 Å². The van der Waals surface area contributed by atoms with Crippen molar-refractivity contribution in [2.75, 3.05) is 6.61 Å². The van der Waals surface area contributed by atoms with E-state index in [4.69, 9.17) is 14.0 Å². The van der Waals surface area contributed by atoms with Crippen molar-refractivity contribution < 1.29 is 14.0 Å². The first kappa shape index (κ1) is 14.0. The predicted octanol–water partition coefficient (Wildman–Crippen LogP) is 2.92. The highest BCUT2D eigenvalue weighted by Gasteiger charge is 2.37. The van der Waals surface area contributed by atoms with E-state index in [9.17, 15) is 0 Å². The van der Waals surface area contributed by atoms with E-state index in [1.54, 1.807) is 0 Å². The number of benzene rings is 1. The zero-order valence-corrected chi connectivity index (χ0v) is 12.4. The van der Waals surface area contributed by atoms with Crippen molar-refractivity contribution in [2.45, 2.75) is 57.7 Å². The molecule has 2 fully saturated rings. The van der Waals surface area contributed by atoms with Gasteiger partial charge in [-0.05, 0) is 57.1 Å². The van der Waals surface area contributed by atoms with Gasteiger partial charge in [-0.3, -0.25) is 0 Å². The molecule has 0 spiro atoms. The standard InChI is InChI=1S/C16H23BO3/c1-16(2)12-18-17(20-16)13-8-10-15(11-9-13)19-14-6-4-3-5-7-14/h8-11,14H,3-7,12H2,1-2H3. The van der Waals surface area contributed by atoms with Gasteiger partial charge in [-0.1, -0.05) is 18.6 Å². The van der Waals surface area contributed by atoms with Crippen LogP contribution in [0.5, 0.6) is 5.75 Å². The minimum atomic E-state index is -0.242. The Morgan fingerprint density at radius 1 is 1.10 bits per heavy atom. The lowest BCUT2D eigenvalue weighted by Crippen LogP contribution is -2.34. The zero-order valence-electron chi connectivity index (χ0n) is 12.4. The number of rotatable bonds is 3. The molecule has 0 bridgehead atoms. The van der Waals surface area contributed by atoms with Gasteiger partial charge in [0.2, 0.25) is 0 Å². The van der Waals surface area contributed by atoms with E-state index < -0.39 is 0 Å². The Labute approximate surface area is 121 Å². The summed E-state index contributed by atoms with van der Waals surface area (Å²) in [6, 6.07) is 8.15.